The minimum atomic E-state index is -0.0512. The molecule has 0 aliphatic carbocycles. The van der Waals surface area contributed by atoms with Crippen LogP contribution in [-0.4, -0.2) is 18.2 Å². The summed E-state index contributed by atoms with van der Waals surface area (Å²) in [5, 5.41) is 6.22. The number of Topliss-reactive ketones (excluding diaryl/α,β-unsaturated/α-hetero) is 1. The van der Waals surface area contributed by atoms with Gasteiger partial charge in [-0.15, -0.1) is 0 Å². The average molecular weight is 324 g/mol. The minimum Gasteiger partial charge on any atom is -0.384 e. The molecule has 2 rings (SSSR count). The Hall–Kier alpha value is -2.62. The van der Waals surface area contributed by atoms with Crippen LogP contribution in [0.1, 0.15) is 41.8 Å². The molecule has 4 nitrogen and oxygen atoms in total. The fourth-order valence-electron chi connectivity index (χ4n) is 2.59. The molecule has 0 aliphatic rings. The van der Waals surface area contributed by atoms with E-state index in [1.54, 1.807) is 24.3 Å². The van der Waals surface area contributed by atoms with E-state index in [1.807, 2.05) is 0 Å². The Bertz CT molecular complexity index is 721. The van der Waals surface area contributed by atoms with E-state index in [2.05, 4.69) is 42.7 Å². The van der Waals surface area contributed by atoms with Crippen LogP contribution in [0.15, 0.2) is 42.5 Å². The highest BCUT2D eigenvalue weighted by molar-refractivity contribution is 5.95. The van der Waals surface area contributed by atoms with Crippen LogP contribution in [0.2, 0.25) is 0 Å². The molecule has 4 heteroatoms. The number of hydrogen-bond acceptors (Lipinski definition) is 3. The van der Waals surface area contributed by atoms with Crippen LogP contribution in [0.4, 0.5) is 11.4 Å². The highest BCUT2D eigenvalue weighted by Gasteiger charge is 2.06. The van der Waals surface area contributed by atoms with Crippen molar-refractivity contribution in [1.82, 2.24) is 0 Å². The van der Waals surface area contributed by atoms with Gasteiger partial charge in [0.15, 0.2) is 5.78 Å². The van der Waals surface area contributed by atoms with Crippen molar-refractivity contribution >= 4 is 23.1 Å². The molecule has 0 bridgehead atoms. The number of nitrogens with one attached hydrogen (secondary N) is 2. The van der Waals surface area contributed by atoms with Crippen LogP contribution in [0.3, 0.4) is 0 Å². The van der Waals surface area contributed by atoms with Gasteiger partial charge in [0.2, 0.25) is 5.91 Å². The number of ketones is 1. The normalized spacial score (nSPS) is 10.3. The van der Waals surface area contributed by atoms with Gasteiger partial charge in [0.05, 0.1) is 0 Å². The van der Waals surface area contributed by atoms with Gasteiger partial charge in [-0.05, 0) is 55.7 Å². The first-order valence-corrected chi connectivity index (χ1v) is 8.24. The summed E-state index contributed by atoms with van der Waals surface area (Å²) in [4.78, 5) is 23.3. The van der Waals surface area contributed by atoms with Gasteiger partial charge in [-0.2, -0.15) is 0 Å². The van der Waals surface area contributed by atoms with Crippen LogP contribution >= 0.6 is 0 Å². The molecule has 24 heavy (non-hydrogen) atoms. The first-order valence-electron chi connectivity index (χ1n) is 8.24. The number of aryl methyl sites for hydroxylation is 2. The van der Waals surface area contributed by atoms with E-state index >= 15 is 0 Å². The molecule has 1 amide bonds. The molecule has 0 aliphatic heterocycles. The van der Waals surface area contributed by atoms with Crippen molar-refractivity contribution in [3.05, 3.63) is 59.2 Å². The average Bonchev–Trinajstić information content (AvgIpc) is 2.56. The number of hydrogen-bond donors (Lipinski definition) is 2. The molecular weight excluding hydrogens is 300 g/mol. The molecule has 2 N–H and O–H groups in total. The fraction of sp³-hybridized carbons (Fsp3) is 0.300. The number of benzene rings is 2. The van der Waals surface area contributed by atoms with Gasteiger partial charge < -0.3 is 10.6 Å². The Labute approximate surface area is 143 Å². The third-order valence-electron chi connectivity index (χ3n) is 3.97. The maximum absolute atomic E-state index is 12.0. The predicted molar refractivity (Wildman–Crippen MR) is 98.7 cm³/mol. The van der Waals surface area contributed by atoms with Gasteiger partial charge >= 0.3 is 0 Å². The zero-order valence-corrected chi connectivity index (χ0v) is 14.5. The molecule has 0 heterocycles. The quantitative estimate of drug-likeness (QED) is 0.750. The van der Waals surface area contributed by atoms with E-state index in [9.17, 15) is 9.59 Å². The van der Waals surface area contributed by atoms with E-state index < -0.39 is 0 Å². The summed E-state index contributed by atoms with van der Waals surface area (Å²) in [5.74, 6) is -0.0354. The molecule has 0 saturated heterocycles. The van der Waals surface area contributed by atoms with Crippen molar-refractivity contribution in [2.75, 3.05) is 17.2 Å². The second-order valence-corrected chi connectivity index (χ2v) is 5.82. The van der Waals surface area contributed by atoms with Crippen molar-refractivity contribution in [3.8, 4) is 0 Å². The molecule has 0 fully saturated rings. The lowest BCUT2D eigenvalue weighted by Gasteiger charge is -2.14. The van der Waals surface area contributed by atoms with Gasteiger partial charge in [0.1, 0.15) is 0 Å². The van der Waals surface area contributed by atoms with Crippen LogP contribution < -0.4 is 10.6 Å². The SMILES string of the molecule is CCc1cccc(C)c1NCCC(=O)Nc1ccc(C(C)=O)cc1. The Morgan fingerprint density at radius 1 is 1.04 bits per heavy atom. The summed E-state index contributed by atoms with van der Waals surface area (Å²) in [7, 11) is 0. The second kappa shape index (κ2) is 8.29. The molecule has 0 aromatic heterocycles. The molecule has 0 spiro atoms. The number of amides is 1. The number of anilines is 2. The van der Waals surface area contributed by atoms with E-state index in [0.29, 0.717) is 24.2 Å². The third kappa shape index (κ3) is 4.69. The molecule has 126 valence electrons. The largest absolute Gasteiger partial charge is 0.384 e. The van der Waals surface area contributed by atoms with E-state index in [0.717, 1.165) is 12.1 Å². The van der Waals surface area contributed by atoms with E-state index in [4.69, 9.17) is 0 Å². The summed E-state index contributed by atoms with van der Waals surface area (Å²) in [5.41, 5.74) is 4.92. The maximum atomic E-state index is 12.0. The summed E-state index contributed by atoms with van der Waals surface area (Å²) in [6.07, 6.45) is 1.34. The molecule has 2 aromatic rings. The lowest BCUT2D eigenvalue weighted by atomic mass is 10.1. The zero-order valence-electron chi connectivity index (χ0n) is 14.5. The van der Waals surface area contributed by atoms with Gasteiger partial charge in [-0.3, -0.25) is 9.59 Å². The van der Waals surface area contributed by atoms with Gasteiger partial charge in [-0.1, -0.05) is 25.1 Å². The van der Waals surface area contributed by atoms with Crippen LogP contribution in [0, 0.1) is 6.92 Å². The number of rotatable bonds is 7. The van der Waals surface area contributed by atoms with Gasteiger partial charge in [0.25, 0.3) is 0 Å². The Balaban J connectivity index is 1.87. The number of carbonyl (C=O) groups is 2. The summed E-state index contributed by atoms with van der Waals surface area (Å²) >= 11 is 0. The fourth-order valence-corrected chi connectivity index (χ4v) is 2.59. The van der Waals surface area contributed by atoms with Crippen molar-refractivity contribution in [2.45, 2.75) is 33.6 Å². The highest BCUT2D eigenvalue weighted by Crippen LogP contribution is 2.21. The van der Waals surface area contributed by atoms with Crippen LogP contribution in [0.25, 0.3) is 0 Å². The Morgan fingerprint density at radius 3 is 2.38 bits per heavy atom. The summed E-state index contributed by atoms with van der Waals surface area (Å²) < 4.78 is 0. The Morgan fingerprint density at radius 2 is 1.75 bits per heavy atom. The molecular formula is C20H24N2O2. The minimum absolute atomic E-state index is 0.0158. The topological polar surface area (TPSA) is 58.2 Å². The van der Waals surface area contributed by atoms with Crippen molar-refractivity contribution < 1.29 is 9.59 Å². The van der Waals surface area contributed by atoms with Crippen LogP contribution in [0.5, 0.6) is 0 Å². The van der Waals surface area contributed by atoms with Crippen LogP contribution in [-0.2, 0) is 11.2 Å². The molecule has 2 aromatic carbocycles. The first kappa shape index (κ1) is 17.7. The number of para-hydroxylation sites is 1. The van der Waals surface area contributed by atoms with Gasteiger partial charge in [-0.25, -0.2) is 0 Å². The lowest BCUT2D eigenvalue weighted by molar-refractivity contribution is -0.115. The molecule has 0 saturated carbocycles. The Kier molecular flexibility index (Phi) is 6.13. The smallest absolute Gasteiger partial charge is 0.226 e. The van der Waals surface area contributed by atoms with Crippen molar-refractivity contribution in [1.29, 1.82) is 0 Å². The molecule has 0 atom stereocenters. The van der Waals surface area contributed by atoms with E-state index in [1.165, 1.54) is 18.1 Å². The van der Waals surface area contributed by atoms with Gasteiger partial charge in [0, 0.05) is 29.9 Å². The summed E-state index contributed by atoms with van der Waals surface area (Å²) in [6.45, 7) is 6.29. The molecule has 0 radical (unpaired) electrons. The molecule has 0 unspecified atom stereocenters. The third-order valence-corrected chi connectivity index (χ3v) is 3.97. The maximum Gasteiger partial charge on any atom is 0.226 e. The zero-order chi connectivity index (χ0) is 17.5. The van der Waals surface area contributed by atoms with E-state index in [-0.39, 0.29) is 11.7 Å². The summed E-state index contributed by atoms with van der Waals surface area (Å²) in [6, 6.07) is 13.2. The first-order chi connectivity index (χ1) is 11.5. The monoisotopic (exact) mass is 324 g/mol. The highest BCUT2D eigenvalue weighted by atomic mass is 16.1. The second-order valence-electron chi connectivity index (χ2n) is 5.82. The van der Waals surface area contributed by atoms with Crippen molar-refractivity contribution in [3.63, 3.8) is 0 Å². The standard InChI is InChI=1S/C20H24N2O2/c1-4-16-7-5-6-14(2)20(16)21-13-12-19(24)22-18-10-8-17(9-11-18)15(3)23/h5-11,21H,4,12-13H2,1-3H3,(H,22,24). The number of carbonyl (C=O) groups excluding carboxylic acids is 2. The predicted octanol–water partition coefficient (Wildman–Crippen LogP) is 4.20. The lowest BCUT2D eigenvalue weighted by Crippen LogP contribution is -2.17. The van der Waals surface area contributed by atoms with Crippen molar-refractivity contribution in [2.24, 2.45) is 0 Å².